The Balaban J connectivity index is 1.21. The zero-order valence-corrected chi connectivity index (χ0v) is 26.7. The highest BCUT2D eigenvalue weighted by Gasteiger charge is 2.38. The normalized spacial score (nSPS) is 21.8. The molecular weight excluding hydrogens is 583 g/mol. The molecule has 2 heterocycles. The Morgan fingerprint density at radius 1 is 0.977 bits per heavy atom. The summed E-state index contributed by atoms with van der Waals surface area (Å²) in [5.74, 6) is 1.60. The first-order chi connectivity index (χ1) is 20.8. The van der Waals surface area contributed by atoms with E-state index in [1.54, 1.807) is 0 Å². The van der Waals surface area contributed by atoms with Gasteiger partial charge in [0.15, 0.2) is 0 Å². The smallest absolute Gasteiger partial charge is 0.323 e. The zero-order valence-electron chi connectivity index (χ0n) is 25.2. The van der Waals surface area contributed by atoms with Crippen molar-refractivity contribution in [2.45, 2.75) is 82.8 Å². The molecule has 0 amide bonds. The molecule has 2 aliphatic heterocycles. The third kappa shape index (κ3) is 6.53. The first-order valence-corrected chi connectivity index (χ1v) is 16.1. The van der Waals surface area contributed by atoms with Crippen LogP contribution < -0.4 is 9.47 Å². The van der Waals surface area contributed by atoms with Gasteiger partial charge < -0.3 is 14.2 Å². The summed E-state index contributed by atoms with van der Waals surface area (Å²) in [4.78, 5) is 17.5. The maximum Gasteiger partial charge on any atom is 0.323 e. The lowest BCUT2D eigenvalue weighted by Crippen LogP contribution is -2.50. The molecule has 1 fully saturated rings. The van der Waals surface area contributed by atoms with Crippen molar-refractivity contribution in [3.8, 4) is 11.5 Å². The number of nitrogens with zero attached hydrogens (tertiary/aromatic N) is 2. The summed E-state index contributed by atoms with van der Waals surface area (Å²) in [6.45, 7) is 4.40. The first-order valence-electron chi connectivity index (χ1n) is 15.4. The predicted octanol–water partition coefficient (Wildman–Crippen LogP) is 7.93. The van der Waals surface area contributed by atoms with Gasteiger partial charge in [0.25, 0.3) is 0 Å². The van der Waals surface area contributed by atoms with Gasteiger partial charge in [0.2, 0.25) is 0 Å². The molecular formula is C35H40Cl2N2O4. The van der Waals surface area contributed by atoms with Crippen LogP contribution in [-0.4, -0.2) is 48.6 Å². The molecule has 0 radical (unpaired) electrons. The molecule has 3 aromatic rings. The Morgan fingerprint density at radius 3 is 2.44 bits per heavy atom. The summed E-state index contributed by atoms with van der Waals surface area (Å²) in [5, 5.41) is 1.07. The van der Waals surface area contributed by atoms with Crippen molar-refractivity contribution in [1.82, 2.24) is 9.80 Å². The highest BCUT2D eigenvalue weighted by atomic mass is 35.5. The minimum absolute atomic E-state index is 0.118. The monoisotopic (exact) mass is 622 g/mol. The SMILES string of the molecule is CC[C@@H](Oc1ccc([C@H]2CN(C)Cc3cc4c(cc3O2)CN(C2CCCC2)[C@H](C(=O)OC)C4)cc1)c1ccc(Cl)c(Cl)c1. The van der Waals surface area contributed by atoms with Crippen LogP contribution in [0.25, 0.3) is 0 Å². The van der Waals surface area contributed by atoms with E-state index in [-0.39, 0.29) is 24.2 Å². The zero-order chi connectivity index (χ0) is 30.1. The number of ether oxygens (including phenoxy) is 3. The highest BCUT2D eigenvalue weighted by Crippen LogP contribution is 2.39. The van der Waals surface area contributed by atoms with Gasteiger partial charge in [0.05, 0.1) is 17.2 Å². The van der Waals surface area contributed by atoms with Crippen LogP contribution in [0.1, 0.15) is 79.1 Å². The molecule has 3 aromatic carbocycles. The van der Waals surface area contributed by atoms with Crippen LogP contribution in [0.3, 0.4) is 0 Å². The average Bonchev–Trinajstić information content (AvgIpc) is 3.50. The van der Waals surface area contributed by atoms with E-state index in [1.807, 2.05) is 30.3 Å². The number of likely N-dealkylation sites (N-methyl/N-ethyl adjacent to an activating group) is 1. The second kappa shape index (κ2) is 13.1. The van der Waals surface area contributed by atoms with Crippen molar-refractivity contribution in [1.29, 1.82) is 0 Å². The molecule has 0 saturated heterocycles. The van der Waals surface area contributed by atoms with Gasteiger partial charge in [-0.3, -0.25) is 14.6 Å². The minimum atomic E-state index is -0.222. The first kappa shape index (κ1) is 30.3. The summed E-state index contributed by atoms with van der Waals surface area (Å²) in [5.41, 5.74) is 5.75. The van der Waals surface area contributed by atoms with Crippen molar-refractivity contribution >= 4 is 29.2 Å². The Bertz CT molecular complexity index is 1460. The van der Waals surface area contributed by atoms with Gasteiger partial charge in [-0.2, -0.15) is 0 Å². The van der Waals surface area contributed by atoms with E-state index in [0.717, 1.165) is 67.1 Å². The van der Waals surface area contributed by atoms with Crippen molar-refractivity contribution in [3.05, 3.63) is 92.5 Å². The predicted molar refractivity (Wildman–Crippen MR) is 170 cm³/mol. The van der Waals surface area contributed by atoms with Gasteiger partial charge in [-0.1, -0.05) is 67.2 Å². The molecule has 3 aliphatic rings. The molecule has 1 aliphatic carbocycles. The molecule has 0 unspecified atom stereocenters. The van der Waals surface area contributed by atoms with Crippen LogP contribution in [-0.2, 0) is 29.0 Å². The number of hydrogen-bond donors (Lipinski definition) is 0. The van der Waals surface area contributed by atoms with Crippen LogP contribution in [0, 0.1) is 0 Å². The van der Waals surface area contributed by atoms with E-state index >= 15 is 0 Å². The fraction of sp³-hybridized carbons (Fsp3) is 0.457. The van der Waals surface area contributed by atoms with E-state index in [1.165, 1.54) is 31.1 Å². The molecule has 3 atom stereocenters. The Hall–Kier alpha value is -2.77. The topological polar surface area (TPSA) is 51.2 Å². The number of carbonyl (C=O) groups is 1. The molecule has 0 aromatic heterocycles. The van der Waals surface area contributed by atoms with E-state index < -0.39 is 0 Å². The highest BCUT2D eigenvalue weighted by molar-refractivity contribution is 6.42. The molecule has 0 N–H and O–H groups in total. The third-order valence-corrected chi connectivity index (χ3v) is 9.96. The quantitative estimate of drug-likeness (QED) is 0.249. The molecule has 6 rings (SSSR count). The van der Waals surface area contributed by atoms with Crippen LogP contribution in [0.2, 0.25) is 10.0 Å². The van der Waals surface area contributed by atoms with Gasteiger partial charge in [-0.15, -0.1) is 0 Å². The van der Waals surface area contributed by atoms with E-state index in [4.69, 9.17) is 37.4 Å². The van der Waals surface area contributed by atoms with E-state index in [9.17, 15) is 4.79 Å². The van der Waals surface area contributed by atoms with Gasteiger partial charge in [-0.05, 0) is 85.3 Å². The second-order valence-corrected chi connectivity index (χ2v) is 13.0. The number of halogens is 2. The van der Waals surface area contributed by atoms with Gasteiger partial charge >= 0.3 is 5.97 Å². The van der Waals surface area contributed by atoms with Crippen LogP contribution >= 0.6 is 23.2 Å². The summed E-state index contributed by atoms with van der Waals surface area (Å²) in [6, 6.07) is 18.6. The summed E-state index contributed by atoms with van der Waals surface area (Å²) in [6.07, 6.45) is 5.97. The molecule has 228 valence electrons. The maximum absolute atomic E-state index is 12.8. The Kier molecular flexibility index (Phi) is 9.20. The second-order valence-electron chi connectivity index (χ2n) is 12.1. The molecule has 0 bridgehead atoms. The number of esters is 1. The van der Waals surface area contributed by atoms with Gasteiger partial charge in [0.1, 0.15) is 29.7 Å². The van der Waals surface area contributed by atoms with Crippen molar-refractivity contribution in [3.63, 3.8) is 0 Å². The number of methoxy groups -OCH3 is 1. The van der Waals surface area contributed by atoms with Crippen molar-refractivity contribution in [2.75, 3.05) is 20.7 Å². The van der Waals surface area contributed by atoms with Crippen LogP contribution in [0.15, 0.2) is 54.6 Å². The van der Waals surface area contributed by atoms with Crippen molar-refractivity contribution in [2.24, 2.45) is 0 Å². The Morgan fingerprint density at radius 2 is 1.74 bits per heavy atom. The molecule has 1 saturated carbocycles. The van der Waals surface area contributed by atoms with Gasteiger partial charge in [0, 0.05) is 31.2 Å². The molecule has 8 heteroatoms. The fourth-order valence-electron chi connectivity index (χ4n) is 6.92. The maximum atomic E-state index is 12.8. The van der Waals surface area contributed by atoms with Crippen LogP contribution in [0.4, 0.5) is 0 Å². The lowest BCUT2D eigenvalue weighted by Gasteiger charge is -2.39. The third-order valence-electron chi connectivity index (χ3n) is 9.22. The average molecular weight is 624 g/mol. The number of carbonyl (C=O) groups excluding carboxylic acids is 1. The largest absolute Gasteiger partial charge is 0.486 e. The fourth-order valence-corrected chi connectivity index (χ4v) is 7.23. The summed E-state index contributed by atoms with van der Waals surface area (Å²) < 4.78 is 18.3. The summed E-state index contributed by atoms with van der Waals surface area (Å²) in [7, 11) is 3.63. The van der Waals surface area contributed by atoms with Crippen LogP contribution in [0.5, 0.6) is 11.5 Å². The van der Waals surface area contributed by atoms with Gasteiger partial charge in [-0.25, -0.2) is 0 Å². The lowest BCUT2D eigenvalue weighted by atomic mass is 9.90. The van der Waals surface area contributed by atoms with Crippen molar-refractivity contribution < 1.29 is 19.0 Å². The number of rotatable bonds is 7. The molecule has 0 spiro atoms. The van der Waals surface area contributed by atoms with E-state index in [0.29, 0.717) is 22.5 Å². The lowest BCUT2D eigenvalue weighted by molar-refractivity contribution is -0.148. The molecule has 43 heavy (non-hydrogen) atoms. The summed E-state index contributed by atoms with van der Waals surface area (Å²) >= 11 is 12.4. The molecule has 6 nitrogen and oxygen atoms in total. The minimum Gasteiger partial charge on any atom is -0.486 e. The standard InChI is InChI=1S/C35H40Cl2N2O4/c1-4-32(23-11-14-29(36)30(37)16-23)42-28-12-9-22(10-13-28)34-21-38(2)19-26-15-24-17-31(35(40)41-3)39(27-7-5-6-8-27)20-25(24)18-33(26)43-34/h9-16,18,27,31-32,34H,4-8,17,19-21H2,1-3H3/t31-,32+,34+/m0/s1. The number of hydrogen-bond acceptors (Lipinski definition) is 6. The van der Waals surface area contributed by atoms with E-state index in [2.05, 4.69) is 48.0 Å². The Labute approximate surface area is 264 Å². The number of fused-ring (bicyclic) bond motifs is 2. The number of benzene rings is 3.